The third-order valence-corrected chi connectivity index (χ3v) is 4.06. The third kappa shape index (κ3) is 3.48. The fourth-order valence-corrected chi connectivity index (χ4v) is 3.27. The fourth-order valence-electron chi connectivity index (χ4n) is 1.96. The van der Waals surface area contributed by atoms with E-state index >= 15 is 0 Å². The van der Waals surface area contributed by atoms with E-state index in [-0.39, 0.29) is 5.54 Å². The summed E-state index contributed by atoms with van der Waals surface area (Å²) in [6.45, 7) is 7.28. The van der Waals surface area contributed by atoms with Gasteiger partial charge in [-0.1, -0.05) is 24.8 Å². The predicted molar refractivity (Wildman–Crippen MR) is 79.0 cm³/mol. The molecule has 1 aliphatic rings. The molecule has 2 rings (SSSR count). The van der Waals surface area contributed by atoms with E-state index in [1.807, 2.05) is 24.0 Å². The molecule has 0 atom stereocenters. The first-order valence-corrected chi connectivity index (χ1v) is 7.47. The molecule has 0 saturated carbocycles. The zero-order chi connectivity index (χ0) is 13.0. The Morgan fingerprint density at radius 3 is 3.06 bits per heavy atom. The lowest BCUT2D eigenvalue weighted by atomic mass is 10.0. The second kappa shape index (κ2) is 5.74. The van der Waals surface area contributed by atoms with Crippen LogP contribution < -0.4 is 5.32 Å². The SMILES string of the molecule is CCc1cccnc1CN=C1NC(C)(C)CCS1. The maximum Gasteiger partial charge on any atom is 0.157 e. The van der Waals surface area contributed by atoms with Crippen LogP contribution in [0.25, 0.3) is 0 Å². The van der Waals surface area contributed by atoms with E-state index in [0.29, 0.717) is 6.54 Å². The van der Waals surface area contributed by atoms with E-state index in [1.165, 1.54) is 12.0 Å². The van der Waals surface area contributed by atoms with Gasteiger partial charge < -0.3 is 5.32 Å². The monoisotopic (exact) mass is 263 g/mol. The van der Waals surface area contributed by atoms with Crippen molar-refractivity contribution in [2.75, 3.05) is 5.75 Å². The molecule has 0 amide bonds. The van der Waals surface area contributed by atoms with Gasteiger partial charge >= 0.3 is 0 Å². The molecule has 0 spiro atoms. The summed E-state index contributed by atoms with van der Waals surface area (Å²) in [4.78, 5) is 9.09. The van der Waals surface area contributed by atoms with Crippen LogP contribution in [0, 0.1) is 0 Å². The minimum atomic E-state index is 0.168. The van der Waals surface area contributed by atoms with Crippen LogP contribution in [0.5, 0.6) is 0 Å². The molecule has 1 saturated heterocycles. The second-order valence-corrected chi connectivity index (χ2v) is 6.28. The number of nitrogens with one attached hydrogen (secondary N) is 1. The van der Waals surface area contributed by atoms with Gasteiger partial charge in [-0.2, -0.15) is 0 Å². The van der Waals surface area contributed by atoms with Crippen molar-refractivity contribution in [1.82, 2.24) is 10.3 Å². The molecule has 1 aromatic heterocycles. The molecule has 0 aromatic carbocycles. The summed E-state index contributed by atoms with van der Waals surface area (Å²) in [6.07, 6.45) is 4.04. The number of aliphatic imine (C=N–C) groups is 1. The third-order valence-electron chi connectivity index (χ3n) is 3.15. The lowest BCUT2D eigenvalue weighted by Gasteiger charge is -2.32. The van der Waals surface area contributed by atoms with Gasteiger partial charge in [0.1, 0.15) is 0 Å². The van der Waals surface area contributed by atoms with Gasteiger partial charge in [-0.05, 0) is 38.3 Å². The Hall–Kier alpha value is -1.03. The summed E-state index contributed by atoms with van der Waals surface area (Å²) < 4.78 is 0. The van der Waals surface area contributed by atoms with E-state index in [1.54, 1.807) is 0 Å². The van der Waals surface area contributed by atoms with E-state index in [0.717, 1.165) is 23.0 Å². The van der Waals surface area contributed by atoms with Gasteiger partial charge in [0.15, 0.2) is 5.17 Å². The molecule has 1 aliphatic heterocycles. The second-order valence-electron chi connectivity index (χ2n) is 5.19. The minimum absolute atomic E-state index is 0.168. The van der Waals surface area contributed by atoms with Crippen LogP contribution in [0.3, 0.4) is 0 Å². The van der Waals surface area contributed by atoms with Gasteiger partial charge in [0.05, 0.1) is 12.2 Å². The number of aryl methyl sites for hydroxylation is 1. The zero-order valence-corrected chi connectivity index (χ0v) is 12.2. The van der Waals surface area contributed by atoms with Crippen LogP contribution in [-0.4, -0.2) is 21.4 Å². The van der Waals surface area contributed by atoms with Crippen molar-refractivity contribution < 1.29 is 0 Å². The summed E-state index contributed by atoms with van der Waals surface area (Å²) >= 11 is 1.81. The van der Waals surface area contributed by atoms with Crippen molar-refractivity contribution in [2.24, 2.45) is 4.99 Å². The summed E-state index contributed by atoms with van der Waals surface area (Å²) in [5.74, 6) is 1.14. The summed E-state index contributed by atoms with van der Waals surface area (Å²) in [5, 5.41) is 4.54. The quantitative estimate of drug-likeness (QED) is 0.911. The van der Waals surface area contributed by atoms with Crippen LogP contribution in [0.2, 0.25) is 0 Å². The first-order valence-electron chi connectivity index (χ1n) is 6.49. The number of aromatic nitrogens is 1. The molecule has 1 N–H and O–H groups in total. The maximum atomic E-state index is 4.66. The van der Waals surface area contributed by atoms with Crippen LogP contribution in [-0.2, 0) is 13.0 Å². The standard InChI is InChI=1S/C14H21N3S/c1-4-11-6-5-8-15-12(11)10-16-13-17-14(2,3)7-9-18-13/h5-6,8H,4,7,9-10H2,1-3H3,(H,16,17). The molecule has 0 aliphatic carbocycles. The fraction of sp³-hybridized carbons (Fsp3) is 0.571. The number of hydrogen-bond donors (Lipinski definition) is 1. The molecular weight excluding hydrogens is 242 g/mol. The number of amidine groups is 1. The lowest BCUT2D eigenvalue weighted by Crippen LogP contribution is -2.46. The highest BCUT2D eigenvalue weighted by Crippen LogP contribution is 2.22. The van der Waals surface area contributed by atoms with Gasteiger partial charge in [0.25, 0.3) is 0 Å². The van der Waals surface area contributed by atoms with Gasteiger partial charge in [0.2, 0.25) is 0 Å². The molecule has 98 valence electrons. The summed E-state index contributed by atoms with van der Waals surface area (Å²) in [5.41, 5.74) is 2.56. The minimum Gasteiger partial charge on any atom is -0.360 e. The summed E-state index contributed by atoms with van der Waals surface area (Å²) in [7, 11) is 0. The molecule has 1 fully saturated rings. The topological polar surface area (TPSA) is 37.3 Å². The van der Waals surface area contributed by atoms with Crippen molar-refractivity contribution in [2.45, 2.75) is 45.7 Å². The Labute approximate surface area is 113 Å². The summed E-state index contributed by atoms with van der Waals surface area (Å²) in [6, 6.07) is 4.13. The predicted octanol–water partition coefficient (Wildman–Crippen LogP) is 3.01. The van der Waals surface area contributed by atoms with Crippen molar-refractivity contribution in [3.8, 4) is 0 Å². The zero-order valence-electron chi connectivity index (χ0n) is 11.4. The first-order chi connectivity index (χ1) is 8.61. The molecular formula is C14H21N3S. The number of hydrogen-bond acceptors (Lipinski definition) is 3. The van der Waals surface area contributed by atoms with Crippen LogP contribution in [0.4, 0.5) is 0 Å². The normalized spacial score (nSPS) is 20.7. The Balaban J connectivity index is 2.06. The van der Waals surface area contributed by atoms with Gasteiger partial charge in [-0.25, -0.2) is 0 Å². The molecule has 2 heterocycles. The van der Waals surface area contributed by atoms with E-state index in [4.69, 9.17) is 0 Å². The molecule has 3 nitrogen and oxygen atoms in total. The van der Waals surface area contributed by atoms with Crippen LogP contribution in [0.15, 0.2) is 23.3 Å². The Bertz CT molecular complexity index is 440. The molecule has 4 heteroatoms. The number of pyridine rings is 1. The molecule has 0 radical (unpaired) electrons. The van der Waals surface area contributed by atoms with Crippen LogP contribution >= 0.6 is 11.8 Å². The number of rotatable bonds is 3. The Morgan fingerprint density at radius 2 is 2.33 bits per heavy atom. The van der Waals surface area contributed by atoms with Crippen molar-refractivity contribution in [3.63, 3.8) is 0 Å². The van der Waals surface area contributed by atoms with Crippen molar-refractivity contribution in [1.29, 1.82) is 0 Å². The Morgan fingerprint density at radius 1 is 1.50 bits per heavy atom. The van der Waals surface area contributed by atoms with Crippen molar-refractivity contribution in [3.05, 3.63) is 29.6 Å². The van der Waals surface area contributed by atoms with Gasteiger partial charge in [-0.3, -0.25) is 9.98 Å². The molecule has 0 bridgehead atoms. The average molecular weight is 263 g/mol. The van der Waals surface area contributed by atoms with Crippen LogP contribution in [0.1, 0.15) is 38.4 Å². The molecule has 1 aromatic rings. The smallest absolute Gasteiger partial charge is 0.157 e. The average Bonchev–Trinajstić information content (AvgIpc) is 2.35. The van der Waals surface area contributed by atoms with Gasteiger partial charge in [-0.15, -0.1) is 0 Å². The van der Waals surface area contributed by atoms with Gasteiger partial charge in [0, 0.05) is 17.5 Å². The first kappa shape index (κ1) is 13.4. The Kier molecular flexibility index (Phi) is 4.27. The number of nitrogens with zero attached hydrogens (tertiary/aromatic N) is 2. The van der Waals surface area contributed by atoms with E-state index in [9.17, 15) is 0 Å². The van der Waals surface area contributed by atoms with E-state index < -0.39 is 0 Å². The number of thioether (sulfide) groups is 1. The molecule has 18 heavy (non-hydrogen) atoms. The molecule has 0 unspecified atom stereocenters. The van der Waals surface area contributed by atoms with E-state index in [2.05, 4.69) is 42.1 Å². The highest BCUT2D eigenvalue weighted by molar-refractivity contribution is 8.13. The highest BCUT2D eigenvalue weighted by Gasteiger charge is 2.24. The van der Waals surface area contributed by atoms with Crippen molar-refractivity contribution >= 4 is 16.9 Å². The lowest BCUT2D eigenvalue weighted by molar-refractivity contribution is 0.446. The largest absolute Gasteiger partial charge is 0.360 e. The maximum absolute atomic E-state index is 4.66. The highest BCUT2D eigenvalue weighted by atomic mass is 32.2.